The Bertz CT molecular complexity index is 674. The van der Waals surface area contributed by atoms with E-state index < -0.39 is 10.0 Å². The lowest BCUT2D eigenvalue weighted by Gasteiger charge is -2.45. The minimum Gasteiger partial charge on any atom is -0.338 e. The summed E-state index contributed by atoms with van der Waals surface area (Å²) in [6, 6.07) is 10.1. The number of benzene rings is 1. The summed E-state index contributed by atoms with van der Waals surface area (Å²) in [7, 11) is -3.23. The van der Waals surface area contributed by atoms with Crippen LogP contribution in [0.25, 0.3) is 0 Å². The second kappa shape index (κ2) is 5.35. The molecule has 2 fully saturated rings. The maximum atomic E-state index is 12.0. The predicted octanol–water partition coefficient (Wildman–Crippen LogP) is 1.21. The molecule has 0 spiro atoms. The molecule has 0 bridgehead atoms. The molecule has 2 aliphatic heterocycles. The van der Waals surface area contributed by atoms with Gasteiger partial charge in [0.25, 0.3) is 0 Å². The van der Waals surface area contributed by atoms with E-state index in [2.05, 4.69) is 12.1 Å². The first kappa shape index (κ1) is 15.5. The van der Waals surface area contributed by atoms with E-state index in [0.717, 1.165) is 12.8 Å². The number of piperidine rings is 1. The standard InChI is InChI=1S/C16H22N2O3S/c1-13(19)18-11-9-16(14-6-4-3-5-7-14)8-10-17(12-15(16)18)22(2,20)21/h3-7,15H,8-12H2,1-2H3. The van der Waals surface area contributed by atoms with Crippen molar-refractivity contribution < 1.29 is 13.2 Å². The Morgan fingerprint density at radius 1 is 1.18 bits per heavy atom. The highest BCUT2D eigenvalue weighted by molar-refractivity contribution is 7.88. The molecule has 0 aromatic heterocycles. The molecule has 5 nitrogen and oxygen atoms in total. The monoisotopic (exact) mass is 322 g/mol. The maximum absolute atomic E-state index is 12.0. The Balaban J connectivity index is 2.01. The zero-order valence-electron chi connectivity index (χ0n) is 13.0. The fraction of sp³-hybridized carbons (Fsp3) is 0.562. The average Bonchev–Trinajstić information content (AvgIpc) is 2.87. The number of nitrogens with zero attached hydrogens (tertiary/aromatic N) is 2. The second-order valence-electron chi connectivity index (χ2n) is 6.37. The highest BCUT2D eigenvalue weighted by Gasteiger charge is 2.53. The van der Waals surface area contributed by atoms with Crippen molar-refractivity contribution >= 4 is 15.9 Å². The zero-order chi connectivity index (χ0) is 16.0. The van der Waals surface area contributed by atoms with Crippen LogP contribution in [-0.2, 0) is 20.2 Å². The van der Waals surface area contributed by atoms with E-state index in [9.17, 15) is 13.2 Å². The molecule has 2 saturated heterocycles. The number of rotatable bonds is 2. The van der Waals surface area contributed by atoms with Crippen molar-refractivity contribution in [2.24, 2.45) is 0 Å². The number of amides is 1. The van der Waals surface area contributed by atoms with Crippen LogP contribution in [0.2, 0.25) is 0 Å². The molecule has 2 aliphatic rings. The lowest BCUT2D eigenvalue weighted by atomic mass is 9.70. The summed E-state index contributed by atoms with van der Waals surface area (Å²) in [5, 5.41) is 0. The van der Waals surface area contributed by atoms with Crippen LogP contribution in [0.3, 0.4) is 0 Å². The number of sulfonamides is 1. The van der Waals surface area contributed by atoms with Crippen LogP contribution >= 0.6 is 0 Å². The minimum atomic E-state index is -3.23. The number of hydrogen-bond donors (Lipinski definition) is 0. The first-order chi connectivity index (χ1) is 10.3. The molecule has 0 saturated carbocycles. The van der Waals surface area contributed by atoms with E-state index in [1.807, 2.05) is 23.1 Å². The Morgan fingerprint density at radius 2 is 1.82 bits per heavy atom. The molecular weight excluding hydrogens is 300 g/mol. The third kappa shape index (κ3) is 2.44. The van der Waals surface area contributed by atoms with Gasteiger partial charge in [0, 0.05) is 32.0 Å². The molecule has 0 radical (unpaired) electrons. The summed E-state index contributed by atoms with van der Waals surface area (Å²) in [4.78, 5) is 13.8. The maximum Gasteiger partial charge on any atom is 0.219 e. The van der Waals surface area contributed by atoms with Gasteiger partial charge in [0.1, 0.15) is 0 Å². The average molecular weight is 322 g/mol. The quantitative estimate of drug-likeness (QED) is 0.822. The van der Waals surface area contributed by atoms with Crippen LogP contribution in [-0.4, -0.2) is 55.5 Å². The molecule has 0 N–H and O–H groups in total. The Morgan fingerprint density at radius 3 is 2.41 bits per heavy atom. The predicted molar refractivity (Wildman–Crippen MR) is 84.9 cm³/mol. The Kier molecular flexibility index (Phi) is 3.77. The van der Waals surface area contributed by atoms with Gasteiger partial charge in [-0.25, -0.2) is 12.7 Å². The lowest BCUT2D eigenvalue weighted by molar-refractivity contribution is -0.130. The normalized spacial score (nSPS) is 29.4. The fourth-order valence-electron chi connectivity index (χ4n) is 4.04. The summed E-state index contributed by atoms with van der Waals surface area (Å²) in [5.74, 6) is 0.0261. The SMILES string of the molecule is CC(=O)N1CCC2(c3ccccc3)CCN(S(C)(=O)=O)CC12. The molecule has 1 aromatic rings. The molecule has 2 unspecified atom stereocenters. The highest BCUT2D eigenvalue weighted by atomic mass is 32.2. The number of carbonyl (C=O) groups is 1. The van der Waals surface area contributed by atoms with Crippen LogP contribution in [0.5, 0.6) is 0 Å². The number of fused-ring (bicyclic) bond motifs is 1. The van der Waals surface area contributed by atoms with Gasteiger partial charge in [-0.2, -0.15) is 0 Å². The van der Waals surface area contributed by atoms with Gasteiger partial charge >= 0.3 is 0 Å². The molecule has 1 aromatic carbocycles. The molecule has 2 heterocycles. The molecule has 2 atom stereocenters. The summed E-state index contributed by atoms with van der Waals surface area (Å²) < 4.78 is 25.3. The molecule has 1 amide bonds. The van der Waals surface area contributed by atoms with Crippen molar-refractivity contribution in [1.29, 1.82) is 0 Å². The Labute approximate surface area is 132 Å². The van der Waals surface area contributed by atoms with Crippen LogP contribution in [0.15, 0.2) is 30.3 Å². The van der Waals surface area contributed by atoms with Crippen LogP contribution in [0.4, 0.5) is 0 Å². The zero-order valence-corrected chi connectivity index (χ0v) is 13.8. The number of carbonyl (C=O) groups excluding carboxylic acids is 1. The van der Waals surface area contributed by atoms with Gasteiger partial charge in [0.05, 0.1) is 12.3 Å². The van der Waals surface area contributed by atoms with Gasteiger partial charge in [0.15, 0.2) is 0 Å². The van der Waals surface area contributed by atoms with E-state index in [1.54, 1.807) is 6.92 Å². The van der Waals surface area contributed by atoms with Crippen molar-refractivity contribution in [2.75, 3.05) is 25.9 Å². The van der Waals surface area contributed by atoms with Crippen LogP contribution < -0.4 is 0 Å². The molecular formula is C16H22N2O3S. The lowest BCUT2D eigenvalue weighted by Crippen LogP contribution is -2.57. The van der Waals surface area contributed by atoms with Gasteiger partial charge < -0.3 is 4.90 Å². The number of hydrogen-bond acceptors (Lipinski definition) is 3. The van der Waals surface area contributed by atoms with Crippen LogP contribution in [0, 0.1) is 0 Å². The Hall–Kier alpha value is -1.40. The smallest absolute Gasteiger partial charge is 0.219 e. The van der Waals surface area contributed by atoms with Crippen molar-refractivity contribution in [2.45, 2.75) is 31.2 Å². The minimum absolute atomic E-state index is 0.0261. The summed E-state index contributed by atoms with van der Waals surface area (Å²) >= 11 is 0. The summed E-state index contributed by atoms with van der Waals surface area (Å²) in [5.41, 5.74) is 1.10. The van der Waals surface area contributed by atoms with E-state index in [0.29, 0.717) is 19.6 Å². The van der Waals surface area contributed by atoms with Crippen molar-refractivity contribution in [3.05, 3.63) is 35.9 Å². The molecule has 3 rings (SSSR count). The first-order valence-electron chi connectivity index (χ1n) is 7.62. The van der Waals surface area contributed by atoms with Gasteiger partial charge in [-0.1, -0.05) is 30.3 Å². The van der Waals surface area contributed by atoms with Gasteiger partial charge in [-0.15, -0.1) is 0 Å². The molecule has 0 aliphatic carbocycles. The summed E-state index contributed by atoms with van der Waals surface area (Å²) in [6.45, 7) is 3.19. The van der Waals surface area contributed by atoms with E-state index in [-0.39, 0.29) is 17.4 Å². The molecule has 6 heteroatoms. The van der Waals surface area contributed by atoms with Crippen molar-refractivity contribution in [3.63, 3.8) is 0 Å². The van der Waals surface area contributed by atoms with E-state index in [4.69, 9.17) is 0 Å². The van der Waals surface area contributed by atoms with Crippen molar-refractivity contribution in [3.8, 4) is 0 Å². The van der Waals surface area contributed by atoms with Gasteiger partial charge in [0.2, 0.25) is 15.9 Å². The van der Waals surface area contributed by atoms with Crippen LogP contribution in [0.1, 0.15) is 25.3 Å². The third-order valence-corrected chi connectivity index (χ3v) is 6.49. The fourth-order valence-corrected chi connectivity index (χ4v) is 4.88. The topological polar surface area (TPSA) is 57.7 Å². The molecule has 120 valence electrons. The molecule has 22 heavy (non-hydrogen) atoms. The van der Waals surface area contributed by atoms with E-state index >= 15 is 0 Å². The first-order valence-corrected chi connectivity index (χ1v) is 9.47. The number of likely N-dealkylation sites (tertiary alicyclic amines) is 1. The largest absolute Gasteiger partial charge is 0.338 e. The van der Waals surface area contributed by atoms with E-state index in [1.165, 1.54) is 16.1 Å². The summed E-state index contributed by atoms with van der Waals surface area (Å²) in [6.07, 6.45) is 2.91. The van der Waals surface area contributed by atoms with Crippen molar-refractivity contribution in [1.82, 2.24) is 9.21 Å². The third-order valence-electron chi connectivity index (χ3n) is 5.22. The second-order valence-corrected chi connectivity index (χ2v) is 8.35. The van der Waals surface area contributed by atoms with Gasteiger partial charge in [-0.3, -0.25) is 4.79 Å². The van der Waals surface area contributed by atoms with Gasteiger partial charge in [-0.05, 0) is 18.4 Å². The highest BCUT2D eigenvalue weighted by Crippen LogP contribution is 2.46.